The maximum absolute atomic E-state index is 2.44. The Kier molecular flexibility index (Phi) is 3.55. The van der Waals surface area contributed by atoms with Crippen LogP contribution in [-0.4, -0.2) is 9.13 Å². The lowest BCUT2D eigenvalue weighted by Gasteiger charge is -2.13. The van der Waals surface area contributed by atoms with Crippen molar-refractivity contribution >= 4 is 14.7 Å². The summed E-state index contributed by atoms with van der Waals surface area (Å²) in [7, 11) is 0.396. The van der Waals surface area contributed by atoms with Crippen LogP contribution in [0.25, 0.3) is 39.0 Å². The fourth-order valence-corrected chi connectivity index (χ4v) is 8.24. The number of hydrogen-bond donors (Lipinski definition) is 0. The van der Waals surface area contributed by atoms with Crippen LogP contribution >= 0.6 is 0 Å². The van der Waals surface area contributed by atoms with E-state index in [1.807, 2.05) is 0 Å². The molecule has 0 nitrogen and oxygen atoms in total. The van der Waals surface area contributed by atoms with Gasteiger partial charge in [-0.2, -0.15) is 0 Å². The quantitative estimate of drug-likeness (QED) is 0.335. The first kappa shape index (κ1) is 17.6. The van der Waals surface area contributed by atoms with Gasteiger partial charge in [0.1, 0.15) is 0 Å². The van der Waals surface area contributed by atoms with E-state index in [-0.39, 0.29) is 0 Å². The van der Waals surface area contributed by atoms with Crippen molar-refractivity contribution in [2.24, 2.45) is 0 Å². The lowest BCUT2D eigenvalue weighted by Crippen LogP contribution is -2.11. The second-order valence-electron chi connectivity index (χ2n) is 9.22. The van der Waals surface area contributed by atoms with E-state index in [2.05, 4.69) is 92.7 Å². The van der Waals surface area contributed by atoms with E-state index >= 15 is 0 Å². The highest BCUT2D eigenvalue weighted by molar-refractivity contribution is 6.37. The van der Waals surface area contributed by atoms with Crippen molar-refractivity contribution in [1.82, 2.24) is 0 Å². The Morgan fingerprint density at radius 2 is 1.29 bits per heavy atom. The minimum absolute atomic E-state index is 0.396. The van der Waals surface area contributed by atoms with Gasteiger partial charge in [0.2, 0.25) is 0 Å². The van der Waals surface area contributed by atoms with Crippen molar-refractivity contribution in [3.63, 3.8) is 0 Å². The summed E-state index contributed by atoms with van der Waals surface area (Å²) in [5.74, 6) is 0.675. The summed E-state index contributed by atoms with van der Waals surface area (Å²) in [6.45, 7) is 4.77. The highest BCUT2D eigenvalue weighted by Gasteiger charge is 2.50. The van der Waals surface area contributed by atoms with Crippen LogP contribution in [0.15, 0.2) is 78.9 Å². The zero-order valence-electron chi connectivity index (χ0n) is 17.9. The summed E-state index contributed by atoms with van der Waals surface area (Å²) in [5.41, 5.74) is 15.8. The molecule has 6 bridgehead atoms. The van der Waals surface area contributed by atoms with Gasteiger partial charge in [-0.25, -0.2) is 0 Å². The molecule has 4 aromatic rings. The SMILES string of the molecule is CCC1[SiH]=c2c(C)c3c4c(-c5cc(-c6ccccc6)cc(-c6ccccc6)c5)c2=C1C34. The lowest BCUT2D eigenvalue weighted by molar-refractivity contribution is 0.940. The summed E-state index contributed by atoms with van der Waals surface area (Å²) in [6, 6.07) is 29.0. The van der Waals surface area contributed by atoms with Crippen molar-refractivity contribution in [2.75, 3.05) is 0 Å². The van der Waals surface area contributed by atoms with Crippen LogP contribution < -0.4 is 5.22 Å². The molecule has 0 radical (unpaired) electrons. The molecule has 1 heteroatoms. The van der Waals surface area contributed by atoms with Crippen LogP contribution in [0.1, 0.15) is 36.0 Å². The van der Waals surface area contributed by atoms with E-state index in [4.69, 9.17) is 0 Å². The Hall–Kier alpha value is -3.03. The van der Waals surface area contributed by atoms with Gasteiger partial charge >= 0.3 is 0 Å². The molecule has 0 fully saturated rings. The van der Waals surface area contributed by atoms with E-state index in [9.17, 15) is 0 Å². The van der Waals surface area contributed by atoms with E-state index in [1.54, 1.807) is 37.9 Å². The maximum atomic E-state index is 2.44. The van der Waals surface area contributed by atoms with Gasteiger partial charge in [0, 0.05) is 15.0 Å². The summed E-state index contributed by atoms with van der Waals surface area (Å²) < 4.78 is 0. The Bertz CT molecular complexity index is 1450. The molecular formula is C30H24Si. The van der Waals surface area contributed by atoms with Gasteiger partial charge in [0.05, 0.1) is 0 Å². The molecule has 0 spiro atoms. The van der Waals surface area contributed by atoms with Crippen molar-refractivity contribution in [2.45, 2.75) is 31.7 Å². The van der Waals surface area contributed by atoms with Crippen LogP contribution in [0, 0.1) is 11.7 Å². The first-order chi connectivity index (χ1) is 15.3. The van der Waals surface area contributed by atoms with E-state index in [1.165, 1.54) is 34.2 Å². The zero-order valence-corrected chi connectivity index (χ0v) is 19.1. The fraction of sp³-hybridized carbons (Fsp3) is 0.167. The standard InChI is InChI=1S/C30H24Si/c1-3-23-26-28-24-17(2)30(31-23)29(26)25(27(24)28)22-15-20(18-10-6-4-7-11-18)14-21(16-22)19-12-8-5-9-13-19/h4-16,23,28,31H,3H2,1-2H3. The van der Waals surface area contributed by atoms with Crippen LogP contribution in [0.2, 0.25) is 5.54 Å². The molecule has 1 aliphatic heterocycles. The molecule has 3 aliphatic carbocycles. The first-order valence-electron chi connectivity index (χ1n) is 11.4. The zero-order chi connectivity index (χ0) is 20.7. The molecule has 0 aromatic heterocycles. The molecule has 0 amide bonds. The van der Waals surface area contributed by atoms with E-state index < -0.39 is 0 Å². The smallest absolute Gasteiger partial charge is 0.0326 e. The van der Waals surface area contributed by atoms with Gasteiger partial charge in [-0.15, -0.1) is 0 Å². The lowest BCUT2D eigenvalue weighted by atomic mass is 9.91. The molecular weight excluding hydrogens is 388 g/mol. The van der Waals surface area contributed by atoms with Crippen LogP contribution in [0.5, 0.6) is 0 Å². The predicted molar refractivity (Wildman–Crippen MR) is 132 cm³/mol. The molecule has 0 saturated heterocycles. The summed E-state index contributed by atoms with van der Waals surface area (Å²) in [6.07, 6.45) is 1.30. The topological polar surface area (TPSA) is 0 Å². The van der Waals surface area contributed by atoms with Crippen molar-refractivity contribution < 1.29 is 0 Å². The minimum atomic E-state index is 0.396. The number of rotatable bonds is 4. The molecule has 4 aromatic carbocycles. The second kappa shape index (κ2) is 6.24. The average molecular weight is 413 g/mol. The summed E-state index contributed by atoms with van der Waals surface area (Å²) >= 11 is 0. The van der Waals surface area contributed by atoms with Gasteiger partial charge < -0.3 is 0 Å². The van der Waals surface area contributed by atoms with Crippen molar-refractivity contribution in [3.05, 3.63) is 106 Å². The van der Waals surface area contributed by atoms with E-state index in [0.717, 1.165) is 5.54 Å². The molecule has 2 unspecified atom stereocenters. The number of benzene rings is 4. The first-order valence-corrected chi connectivity index (χ1v) is 12.7. The molecule has 1 heterocycles. The Morgan fingerprint density at radius 1 is 0.710 bits per heavy atom. The molecule has 0 saturated carbocycles. The molecule has 8 rings (SSSR count). The third-order valence-electron chi connectivity index (χ3n) is 7.62. The van der Waals surface area contributed by atoms with Crippen LogP contribution in [0.4, 0.5) is 0 Å². The van der Waals surface area contributed by atoms with Crippen LogP contribution in [-0.2, 0) is 0 Å². The predicted octanol–water partition coefficient (Wildman–Crippen LogP) is 6.51. The molecule has 31 heavy (non-hydrogen) atoms. The van der Waals surface area contributed by atoms with Gasteiger partial charge in [-0.3, -0.25) is 0 Å². The highest BCUT2D eigenvalue weighted by atomic mass is 28.2. The Balaban J connectivity index is 1.52. The third kappa shape index (κ3) is 2.33. The molecule has 2 atom stereocenters. The van der Waals surface area contributed by atoms with Crippen molar-refractivity contribution in [3.8, 4) is 33.4 Å². The van der Waals surface area contributed by atoms with E-state index in [0.29, 0.717) is 15.0 Å². The normalized spacial score (nSPS) is 19.0. The van der Waals surface area contributed by atoms with Crippen molar-refractivity contribution in [1.29, 1.82) is 0 Å². The van der Waals surface area contributed by atoms with Gasteiger partial charge in [-0.1, -0.05) is 67.6 Å². The molecule has 4 aliphatic rings. The second-order valence-corrected chi connectivity index (χ2v) is 10.9. The van der Waals surface area contributed by atoms with Crippen LogP contribution in [0.3, 0.4) is 0 Å². The van der Waals surface area contributed by atoms with Gasteiger partial charge in [0.15, 0.2) is 0 Å². The maximum Gasteiger partial charge on any atom is 0.0326 e. The number of hydrogen-bond acceptors (Lipinski definition) is 0. The monoisotopic (exact) mass is 412 g/mol. The highest BCUT2D eigenvalue weighted by Crippen LogP contribution is 2.62. The fourth-order valence-electron chi connectivity index (χ4n) is 6.18. The minimum Gasteiger partial charge on any atom is -0.0648 e. The summed E-state index contributed by atoms with van der Waals surface area (Å²) in [4.78, 5) is 1.73. The Morgan fingerprint density at radius 3 is 1.87 bits per heavy atom. The van der Waals surface area contributed by atoms with Gasteiger partial charge in [-0.05, 0) is 103 Å². The molecule has 0 N–H and O–H groups in total. The van der Waals surface area contributed by atoms with Gasteiger partial charge in [0.25, 0.3) is 0 Å². The largest absolute Gasteiger partial charge is 0.0648 e. The average Bonchev–Trinajstić information content (AvgIpc) is 3.34. The summed E-state index contributed by atoms with van der Waals surface area (Å²) in [5, 5.41) is 1.67. The third-order valence-corrected chi connectivity index (χ3v) is 9.91. The molecule has 148 valence electrons. The Labute approximate surface area is 185 Å².